The molecule has 0 radical (unpaired) electrons. The van der Waals surface area contributed by atoms with Gasteiger partial charge >= 0.3 is 0 Å². The minimum atomic E-state index is -3.93. The molecule has 0 bridgehead atoms. The molecule has 0 fully saturated rings. The van der Waals surface area contributed by atoms with E-state index >= 15 is 0 Å². The molecule has 196 valence electrons. The van der Waals surface area contributed by atoms with Gasteiger partial charge in [0.25, 0.3) is 10.0 Å². The molecule has 10 nitrogen and oxygen atoms in total. The summed E-state index contributed by atoms with van der Waals surface area (Å²) >= 11 is 0. The monoisotopic (exact) mass is 528 g/mol. The molecule has 0 aromatic heterocycles. The van der Waals surface area contributed by atoms with Gasteiger partial charge in [-0.15, -0.1) is 0 Å². The van der Waals surface area contributed by atoms with Crippen molar-refractivity contribution in [3.63, 3.8) is 0 Å². The first kappa shape index (κ1) is 27.2. The zero-order chi connectivity index (χ0) is 27.0. The van der Waals surface area contributed by atoms with E-state index in [2.05, 4.69) is 10.0 Å². The smallest absolute Gasteiger partial charge is 0.262 e. The van der Waals surface area contributed by atoms with Gasteiger partial charge in [0.1, 0.15) is 11.5 Å². The highest BCUT2D eigenvalue weighted by atomic mass is 32.2. The summed E-state index contributed by atoms with van der Waals surface area (Å²) in [6.45, 7) is 0. The number of methoxy groups -OCH3 is 5. The molecule has 0 spiro atoms. The molecule has 0 atom stereocenters. The Balaban J connectivity index is 1.73. The molecular weight excluding hydrogens is 500 g/mol. The Bertz CT molecular complexity index is 1390. The maximum Gasteiger partial charge on any atom is 0.262 e. The fraction of sp³-hybridized carbons (Fsp3) is 0.192. The number of anilines is 2. The Hall–Kier alpha value is -4.38. The SMILES string of the molecule is COc1ccc(OC)c(NS(=O)(=O)c2ccc(NC(=O)C=Cc3ccc(OC)c(OC)c3OC)cc2)c1. The molecule has 3 aromatic rings. The van der Waals surface area contributed by atoms with Gasteiger partial charge in [0.05, 0.1) is 46.1 Å². The molecular formula is C26H28N2O8S. The molecule has 1 amide bonds. The lowest BCUT2D eigenvalue weighted by Gasteiger charge is -2.14. The summed E-state index contributed by atoms with van der Waals surface area (Å²) in [5, 5.41) is 2.69. The van der Waals surface area contributed by atoms with E-state index in [0.717, 1.165) is 0 Å². The van der Waals surface area contributed by atoms with E-state index < -0.39 is 15.9 Å². The standard InChI is InChI=1S/C26H28N2O8S/c1-32-19-10-14-22(33-2)21(16-19)28-37(30,31)20-11-8-18(9-12-20)27-24(29)15-7-17-6-13-23(34-3)26(36-5)25(17)35-4/h6-16,28H,1-5H3,(H,27,29). The van der Waals surface area contributed by atoms with Crippen LogP contribution in [0.1, 0.15) is 5.56 Å². The number of nitrogens with one attached hydrogen (secondary N) is 2. The van der Waals surface area contributed by atoms with Crippen LogP contribution < -0.4 is 33.7 Å². The molecule has 11 heteroatoms. The summed E-state index contributed by atoms with van der Waals surface area (Å²) in [7, 11) is 3.48. The second-order valence-electron chi connectivity index (χ2n) is 7.44. The quantitative estimate of drug-likeness (QED) is 0.356. The number of hydrogen-bond acceptors (Lipinski definition) is 8. The van der Waals surface area contributed by atoms with Gasteiger partial charge in [0, 0.05) is 23.4 Å². The van der Waals surface area contributed by atoms with E-state index in [4.69, 9.17) is 23.7 Å². The van der Waals surface area contributed by atoms with E-state index in [-0.39, 0.29) is 10.6 Å². The average molecular weight is 529 g/mol. The van der Waals surface area contributed by atoms with Crippen molar-refractivity contribution in [2.45, 2.75) is 4.90 Å². The largest absolute Gasteiger partial charge is 0.497 e. The second-order valence-corrected chi connectivity index (χ2v) is 9.12. The Labute approximate surface area is 215 Å². The van der Waals surface area contributed by atoms with Crippen molar-refractivity contribution in [3.05, 3.63) is 66.2 Å². The summed E-state index contributed by atoms with van der Waals surface area (Å²) in [6, 6.07) is 13.9. The van der Waals surface area contributed by atoms with Crippen LogP contribution in [0.25, 0.3) is 6.08 Å². The van der Waals surface area contributed by atoms with Gasteiger partial charge in [-0.05, 0) is 54.6 Å². The number of hydrogen-bond donors (Lipinski definition) is 2. The van der Waals surface area contributed by atoms with Crippen molar-refractivity contribution in [1.29, 1.82) is 0 Å². The van der Waals surface area contributed by atoms with E-state index in [9.17, 15) is 13.2 Å². The van der Waals surface area contributed by atoms with E-state index in [1.165, 1.54) is 72.0 Å². The van der Waals surface area contributed by atoms with Crippen LogP contribution >= 0.6 is 0 Å². The number of ether oxygens (including phenoxy) is 5. The van der Waals surface area contributed by atoms with Crippen molar-refractivity contribution in [2.24, 2.45) is 0 Å². The minimum Gasteiger partial charge on any atom is -0.497 e. The first-order chi connectivity index (χ1) is 17.8. The number of carbonyl (C=O) groups excluding carboxylic acids is 1. The fourth-order valence-electron chi connectivity index (χ4n) is 3.42. The maximum absolute atomic E-state index is 12.9. The summed E-state index contributed by atoms with van der Waals surface area (Å²) in [4.78, 5) is 12.5. The van der Waals surface area contributed by atoms with Crippen LogP contribution in [0, 0.1) is 0 Å². The van der Waals surface area contributed by atoms with Crippen molar-refractivity contribution >= 4 is 33.4 Å². The topological polar surface area (TPSA) is 121 Å². The lowest BCUT2D eigenvalue weighted by Crippen LogP contribution is -2.14. The second kappa shape index (κ2) is 12.0. The summed E-state index contributed by atoms with van der Waals surface area (Å²) in [6.07, 6.45) is 2.89. The summed E-state index contributed by atoms with van der Waals surface area (Å²) in [5.74, 6) is 1.70. The van der Waals surface area contributed by atoms with Crippen molar-refractivity contribution in [1.82, 2.24) is 0 Å². The van der Waals surface area contributed by atoms with Crippen LogP contribution in [-0.4, -0.2) is 49.9 Å². The highest BCUT2D eigenvalue weighted by Crippen LogP contribution is 2.40. The predicted octanol–water partition coefficient (Wildman–Crippen LogP) is 4.18. The molecule has 0 aliphatic heterocycles. The van der Waals surface area contributed by atoms with Crippen LogP contribution in [0.2, 0.25) is 0 Å². The van der Waals surface area contributed by atoms with Crippen LogP contribution in [0.3, 0.4) is 0 Å². The van der Waals surface area contributed by atoms with Gasteiger partial charge in [-0.2, -0.15) is 0 Å². The maximum atomic E-state index is 12.9. The van der Waals surface area contributed by atoms with E-state index in [1.54, 1.807) is 30.3 Å². The van der Waals surface area contributed by atoms with Gasteiger partial charge < -0.3 is 29.0 Å². The van der Waals surface area contributed by atoms with Crippen LogP contribution in [-0.2, 0) is 14.8 Å². The van der Waals surface area contributed by atoms with Crippen LogP contribution in [0.4, 0.5) is 11.4 Å². The number of rotatable bonds is 11. The van der Waals surface area contributed by atoms with Crippen molar-refractivity contribution < 1.29 is 36.9 Å². The Morgan fingerprint density at radius 2 is 1.41 bits per heavy atom. The molecule has 0 aliphatic rings. The molecule has 0 aliphatic carbocycles. The van der Waals surface area contributed by atoms with Crippen molar-refractivity contribution in [2.75, 3.05) is 45.6 Å². The molecule has 0 unspecified atom stereocenters. The zero-order valence-corrected chi connectivity index (χ0v) is 21.8. The lowest BCUT2D eigenvalue weighted by molar-refractivity contribution is -0.111. The third kappa shape index (κ3) is 6.44. The first-order valence-electron chi connectivity index (χ1n) is 10.9. The Morgan fingerprint density at radius 3 is 2.00 bits per heavy atom. The minimum absolute atomic E-state index is 0.000906. The number of amides is 1. The normalized spacial score (nSPS) is 11.1. The number of sulfonamides is 1. The predicted molar refractivity (Wildman–Crippen MR) is 141 cm³/mol. The van der Waals surface area contributed by atoms with E-state index in [1.807, 2.05) is 0 Å². The Kier molecular flexibility index (Phi) is 8.86. The molecule has 0 saturated heterocycles. The van der Waals surface area contributed by atoms with Gasteiger partial charge in [0.2, 0.25) is 11.7 Å². The third-order valence-electron chi connectivity index (χ3n) is 5.23. The summed E-state index contributed by atoms with van der Waals surface area (Å²) in [5.41, 5.74) is 1.25. The lowest BCUT2D eigenvalue weighted by atomic mass is 10.1. The van der Waals surface area contributed by atoms with Crippen LogP contribution in [0.15, 0.2) is 65.6 Å². The summed E-state index contributed by atoms with van der Waals surface area (Å²) < 4.78 is 54.7. The zero-order valence-electron chi connectivity index (χ0n) is 21.0. The number of carbonyl (C=O) groups is 1. The average Bonchev–Trinajstić information content (AvgIpc) is 2.91. The van der Waals surface area contributed by atoms with Gasteiger partial charge in [-0.1, -0.05) is 0 Å². The highest BCUT2D eigenvalue weighted by Gasteiger charge is 2.18. The molecule has 0 saturated carbocycles. The molecule has 2 N–H and O–H groups in total. The van der Waals surface area contributed by atoms with Crippen molar-refractivity contribution in [3.8, 4) is 28.7 Å². The molecule has 0 heterocycles. The first-order valence-corrected chi connectivity index (χ1v) is 12.4. The molecule has 3 rings (SSSR count). The Morgan fingerprint density at radius 1 is 0.757 bits per heavy atom. The number of benzene rings is 3. The van der Waals surface area contributed by atoms with E-state index in [0.29, 0.717) is 40.0 Å². The highest BCUT2D eigenvalue weighted by molar-refractivity contribution is 7.92. The fourth-order valence-corrected chi connectivity index (χ4v) is 4.48. The molecule has 3 aromatic carbocycles. The van der Waals surface area contributed by atoms with Crippen LogP contribution in [0.5, 0.6) is 28.7 Å². The van der Waals surface area contributed by atoms with Gasteiger partial charge in [-0.3, -0.25) is 9.52 Å². The molecule has 37 heavy (non-hydrogen) atoms. The third-order valence-corrected chi connectivity index (χ3v) is 6.61. The van der Waals surface area contributed by atoms with Gasteiger partial charge in [-0.25, -0.2) is 8.42 Å². The van der Waals surface area contributed by atoms with Gasteiger partial charge in [0.15, 0.2) is 11.5 Å².